The number of hydrogen-bond acceptors (Lipinski definition) is 10. The lowest BCUT2D eigenvalue weighted by molar-refractivity contribution is -0.129. The highest BCUT2D eigenvalue weighted by atomic mass is 35.5. The number of hydrogen-bond donors (Lipinski definition) is 3. The second-order valence-electron chi connectivity index (χ2n) is 12.3. The maximum Gasteiger partial charge on any atom is 0.237 e. The summed E-state index contributed by atoms with van der Waals surface area (Å²) in [5.41, 5.74) is 5.19. The number of halogens is 2. The van der Waals surface area contributed by atoms with Gasteiger partial charge in [-0.1, -0.05) is 59.6 Å². The highest BCUT2D eigenvalue weighted by molar-refractivity contribution is 6.39. The van der Waals surface area contributed by atoms with Crippen molar-refractivity contribution in [2.75, 3.05) is 33.9 Å². The molecule has 2 unspecified atom stereocenters. The Morgan fingerprint density at radius 3 is 1.90 bits per heavy atom. The van der Waals surface area contributed by atoms with Gasteiger partial charge in [-0.15, -0.1) is 0 Å². The van der Waals surface area contributed by atoms with Crippen molar-refractivity contribution in [3.63, 3.8) is 0 Å². The molecule has 2 atom stereocenters. The number of nitrogens with zero attached hydrogens (tertiary/aromatic N) is 5. The summed E-state index contributed by atoms with van der Waals surface area (Å²) in [6, 6.07) is 11.6. The minimum atomic E-state index is 0.0804. The second kappa shape index (κ2) is 16.1. The van der Waals surface area contributed by atoms with Crippen LogP contribution in [0.2, 0.25) is 10.0 Å². The summed E-state index contributed by atoms with van der Waals surface area (Å²) in [6.07, 6.45) is 6.71. The van der Waals surface area contributed by atoms with Gasteiger partial charge in [0.05, 0.1) is 48.0 Å². The lowest BCUT2D eigenvalue weighted by Crippen LogP contribution is -2.40. The molecular weight excluding hydrogens is 679 g/mol. The molecule has 0 aliphatic carbocycles. The van der Waals surface area contributed by atoms with E-state index < -0.39 is 0 Å². The van der Waals surface area contributed by atoms with Gasteiger partial charge in [-0.2, -0.15) is 0 Å². The molecule has 4 heterocycles. The molecule has 262 valence electrons. The van der Waals surface area contributed by atoms with E-state index in [-0.39, 0.29) is 23.9 Å². The van der Waals surface area contributed by atoms with Crippen LogP contribution < -0.4 is 25.4 Å². The molecule has 50 heavy (non-hydrogen) atoms. The number of likely N-dealkylation sites (tertiary alicyclic amines) is 1. The molecule has 2 aromatic heterocycles. The molecule has 2 aliphatic rings. The predicted octanol–water partition coefficient (Wildman–Crippen LogP) is 5.06. The summed E-state index contributed by atoms with van der Waals surface area (Å²) in [6.45, 7) is 4.59. The average molecular weight is 720 g/mol. The van der Waals surface area contributed by atoms with Crippen molar-refractivity contribution in [3.05, 3.63) is 70.2 Å². The highest BCUT2D eigenvalue weighted by Crippen LogP contribution is 2.42. The lowest BCUT2D eigenvalue weighted by atomic mass is 9.98. The third kappa shape index (κ3) is 7.83. The average Bonchev–Trinajstić information content (AvgIpc) is 3.78. The van der Waals surface area contributed by atoms with E-state index in [1.165, 1.54) is 0 Å². The summed E-state index contributed by atoms with van der Waals surface area (Å²) in [5, 5.41) is 10.6. The number of benzene rings is 2. The molecule has 3 N–H and O–H groups in total. The van der Waals surface area contributed by atoms with Gasteiger partial charge in [0, 0.05) is 80.4 Å². The number of rotatable bonds is 13. The Kier molecular flexibility index (Phi) is 11.4. The van der Waals surface area contributed by atoms with Gasteiger partial charge in [0.25, 0.3) is 0 Å². The zero-order valence-corrected chi connectivity index (χ0v) is 29.8. The Hall–Kier alpha value is -4.36. The van der Waals surface area contributed by atoms with Gasteiger partial charge >= 0.3 is 0 Å². The number of carbonyl (C=O) groups is 2. The molecule has 6 rings (SSSR count). The fourth-order valence-corrected chi connectivity index (χ4v) is 7.16. The minimum absolute atomic E-state index is 0.0804. The molecule has 2 amide bonds. The van der Waals surface area contributed by atoms with Crippen LogP contribution in [0.4, 0.5) is 0 Å². The Morgan fingerprint density at radius 2 is 1.40 bits per heavy atom. The van der Waals surface area contributed by atoms with Crippen LogP contribution in [-0.4, -0.2) is 82.6 Å². The van der Waals surface area contributed by atoms with Crippen LogP contribution in [-0.2, 0) is 22.7 Å². The van der Waals surface area contributed by atoms with Crippen LogP contribution in [0, 0.1) is 0 Å². The van der Waals surface area contributed by atoms with Crippen molar-refractivity contribution in [2.24, 2.45) is 0 Å². The fourth-order valence-electron chi connectivity index (χ4n) is 6.51. The monoisotopic (exact) mass is 718 g/mol. The molecular formula is C36H40Cl2N8O4. The topological polar surface area (TPSA) is 143 Å². The lowest BCUT2D eigenvalue weighted by Gasteiger charge is -2.23. The van der Waals surface area contributed by atoms with Gasteiger partial charge in [0.15, 0.2) is 0 Å². The first-order chi connectivity index (χ1) is 24.3. The number of methoxy groups -OCH3 is 2. The number of nitrogens with one attached hydrogen (secondary N) is 3. The van der Waals surface area contributed by atoms with Crippen LogP contribution in [0.5, 0.6) is 11.8 Å². The predicted molar refractivity (Wildman–Crippen MR) is 192 cm³/mol. The van der Waals surface area contributed by atoms with Crippen molar-refractivity contribution >= 4 is 35.0 Å². The van der Waals surface area contributed by atoms with E-state index in [2.05, 4.69) is 25.9 Å². The zero-order valence-electron chi connectivity index (χ0n) is 28.3. The van der Waals surface area contributed by atoms with E-state index in [4.69, 9.17) is 42.6 Å². The SMILES string of the molecule is COc1nc(-c2cccc(-c3cccc(-c4cnc(CNCC5CCCN5C(C)=O)c(OC)n4)c3Cl)c2Cl)cnc1CNCC1CCC(=O)N1. The molecule has 12 nitrogen and oxygen atoms in total. The number of ether oxygens (including phenoxy) is 2. The maximum atomic E-state index is 11.9. The first-order valence-electron chi connectivity index (χ1n) is 16.6. The molecule has 0 bridgehead atoms. The van der Waals surface area contributed by atoms with E-state index in [0.717, 1.165) is 25.8 Å². The normalized spacial score (nSPS) is 17.2. The van der Waals surface area contributed by atoms with E-state index in [1.807, 2.05) is 41.3 Å². The van der Waals surface area contributed by atoms with Crippen LogP contribution in [0.25, 0.3) is 33.6 Å². The molecule has 2 aliphatic heterocycles. The second-order valence-corrected chi connectivity index (χ2v) is 13.1. The smallest absolute Gasteiger partial charge is 0.237 e. The van der Waals surface area contributed by atoms with E-state index >= 15 is 0 Å². The summed E-state index contributed by atoms with van der Waals surface area (Å²) in [5.74, 6) is 0.957. The maximum absolute atomic E-state index is 11.9. The minimum Gasteiger partial charge on any atom is -0.480 e. The Bertz CT molecular complexity index is 1880. The molecule has 14 heteroatoms. The van der Waals surface area contributed by atoms with Crippen LogP contribution in [0.1, 0.15) is 44.0 Å². The summed E-state index contributed by atoms with van der Waals surface area (Å²) in [4.78, 5) is 44.1. The molecule has 2 aromatic carbocycles. The van der Waals surface area contributed by atoms with E-state index in [9.17, 15) is 9.59 Å². The Morgan fingerprint density at radius 1 is 0.860 bits per heavy atom. The molecule has 2 fully saturated rings. The summed E-state index contributed by atoms with van der Waals surface area (Å²) in [7, 11) is 3.12. The van der Waals surface area contributed by atoms with Gasteiger partial charge in [0.2, 0.25) is 23.6 Å². The molecule has 2 saturated heterocycles. The first kappa shape index (κ1) is 35.5. The van der Waals surface area contributed by atoms with Gasteiger partial charge in [-0.05, 0) is 19.3 Å². The first-order valence-corrected chi connectivity index (χ1v) is 17.4. The largest absolute Gasteiger partial charge is 0.480 e. The van der Waals surface area contributed by atoms with Crippen molar-refractivity contribution in [3.8, 4) is 45.4 Å². The fraction of sp³-hybridized carbons (Fsp3) is 0.389. The zero-order chi connectivity index (χ0) is 35.2. The van der Waals surface area contributed by atoms with Crippen molar-refractivity contribution < 1.29 is 19.1 Å². The quantitative estimate of drug-likeness (QED) is 0.172. The number of carbonyl (C=O) groups excluding carboxylic acids is 2. The number of aromatic nitrogens is 4. The van der Waals surface area contributed by atoms with E-state index in [0.29, 0.717) is 99.4 Å². The van der Waals surface area contributed by atoms with Gasteiger partial charge < -0.3 is 30.3 Å². The van der Waals surface area contributed by atoms with Gasteiger partial charge in [-0.25, -0.2) is 9.97 Å². The Balaban J connectivity index is 1.19. The molecule has 0 spiro atoms. The van der Waals surface area contributed by atoms with Crippen LogP contribution in [0.3, 0.4) is 0 Å². The van der Waals surface area contributed by atoms with Crippen molar-refractivity contribution in [1.29, 1.82) is 0 Å². The van der Waals surface area contributed by atoms with E-state index in [1.54, 1.807) is 33.5 Å². The van der Waals surface area contributed by atoms with Gasteiger partial charge in [0.1, 0.15) is 11.4 Å². The summed E-state index contributed by atoms with van der Waals surface area (Å²) < 4.78 is 11.2. The number of amides is 2. The van der Waals surface area contributed by atoms with Crippen molar-refractivity contribution in [2.45, 2.75) is 57.8 Å². The third-order valence-corrected chi connectivity index (χ3v) is 9.89. The molecule has 4 aromatic rings. The molecule has 0 radical (unpaired) electrons. The van der Waals surface area contributed by atoms with Crippen LogP contribution in [0.15, 0.2) is 48.8 Å². The Labute approximate surface area is 301 Å². The van der Waals surface area contributed by atoms with Gasteiger partial charge in [-0.3, -0.25) is 19.6 Å². The standard InChI is InChI=1S/C36H40Cl2N8O4/c1-21(47)46-14-6-7-23(46)16-40-18-31-36(50-3)45-29(20-42-31)27-11-5-9-25(34(27)38)24-8-4-10-26(33(24)37)28-19-41-30(35(44-28)49-2)17-39-15-22-12-13-32(48)43-22/h4-5,8-11,19-20,22-23,39-40H,6-7,12-18H2,1-3H3,(H,43,48). The molecule has 0 saturated carbocycles. The van der Waals surface area contributed by atoms with Crippen LogP contribution >= 0.6 is 23.2 Å². The van der Waals surface area contributed by atoms with Crippen molar-refractivity contribution in [1.82, 2.24) is 40.8 Å². The highest BCUT2D eigenvalue weighted by Gasteiger charge is 2.26. The summed E-state index contributed by atoms with van der Waals surface area (Å²) >= 11 is 14.1. The third-order valence-electron chi connectivity index (χ3n) is 9.07.